The maximum absolute atomic E-state index is 12.9. The maximum atomic E-state index is 12.9. The molecule has 0 unspecified atom stereocenters. The summed E-state index contributed by atoms with van der Waals surface area (Å²) in [6.07, 6.45) is 5.37. The minimum Gasteiger partial charge on any atom is -0.444 e. The van der Waals surface area contributed by atoms with Gasteiger partial charge < -0.3 is 19.4 Å². The second-order valence-corrected chi connectivity index (χ2v) is 9.46. The average Bonchev–Trinajstić information content (AvgIpc) is 2.96. The number of hydrogen-bond acceptors (Lipinski definition) is 4. The summed E-state index contributed by atoms with van der Waals surface area (Å²) in [5.41, 5.74) is 0.913. The van der Waals surface area contributed by atoms with E-state index in [0.717, 1.165) is 11.2 Å². The van der Waals surface area contributed by atoms with E-state index in [1.54, 1.807) is 11.1 Å². The third-order valence-corrected chi connectivity index (χ3v) is 5.69. The number of hydrogen-bond donors (Lipinski definition) is 1. The predicted molar refractivity (Wildman–Crippen MR) is 105 cm³/mol. The molecule has 1 N–H and O–H groups in total. The fraction of sp³-hybridized carbons (Fsp3) is 0.571. The van der Waals surface area contributed by atoms with Gasteiger partial charge in [-0.1, -0.05) is 6.07 Å². The molecule has 3 atom stereocenters. The molecule has 1 saturated heterocycles. The summed E-state index contributed by atoms with van der Waals surface area (Å²) in [6.45, 7) is 10.8. The van der Waals surface area contributed by atoms with Gasteiger partial charge in [-0.25, -0.2) is 9.78 Å². The number of likely N-dealkylation sites (tertiary alicyclic amines) is 1. The Hall–Kier alpha value is -2.57. The van der Waals surface area contributed by atoms with Gasteiger partial charge in [-0.3, -0.25) is 4.79 Å². The topological polar surface area (TPSA) is 75.9 Å². The highest BCUT2D eigenvalue weighted by atomic mass is 16.6. The van der Waals surface area contributed by atoms with Crippen molar-refractivity contribution in [3.63, 3.8) is 0 Å². The van der Waals surface area contributed by atoms with Gasteiger partial charge in [0.05, 0.1) is 5.54 Å². The highest BCUT2D eigenvalue weighted by molar-refractivity contribution is 5.84. The number of pyridine rings is 1. The molecule has 2 fully saturated rings. The molecule has 1 aliphatic carbocycles. The van der Waals surface area contributed by atoms with Crippen LogP contribution in [0.4, 0.5) is 4.79 Å². The summed E-state index contributed by atoms with van der Waals surface area (Å²) >= 11 is 0. The molecule has 28 heavy (non-hydrogen) atoms. The second kappa shape index (κ2) is 6.22. The fourth-order valence-electron chi connectivity index (χ4n) is 4.14. The van der Waals surface area contributed by atoms with E-state index in [4.69, 9.17) is 4.74 Å². The lowest BCUT2D eigenvalue weighted by Crippen LogP contribution is -2.44. The molecule has 7 nitrogen and oxygen atoms in total. The number of aromatic nitrogens is 2. The average molecular weight is 384 g/mol. The third kappa shape index (κ3) is 3.45. The van der Waals surface area contributed by atoms with Crippen LogP contribution in [-0.2, 0) is 15.1 Å². The van der Waals surface area contributed by atoms with Gasteiger partial charge in [-0.15, -0.1) is 0 Å². The van der Waals surface area contributed by atoms with Crippen molar-refractivity contribution in [1.82, 2.24) is 19.6 Å². The quantitative estimate of drug-likeness (QED) is 0.883. The van der Waals surface area contributed by atoms with E-state index in [-0.39, 0.29) is 29.8 Å². The molecule has 0 spiro atoms. The Labute approximate surface area is 165 Å². The molecule has 150 valence electrons. The zero-order valence-corrected chi connectivity index (χ0v) is 17.1. The van der Waals surface area contributed by atoms with Gasteiger partial charge in [-0.2, -0.15) is 0 Å². The lowest BCUT2D eigenvalue weighted by Gasteiger charge is -2.28. The van der Waals surface area contributed by atoms with Gasteiger partial charge in [0.2, 0.25) is 5.91 Å². The predicted octanol–water partition coefficient (Wildman–Crippen LogP) is 2.80. The van der Waals surface area contributed by atoms with Crippen LogP contribution in [0.3, 0.4) is 0 Å². The van der Waals surface area contributed by atoms with Gasteiger partial charge in [0.15, 0.2) is 0 Å². The molecular weight excluding hydrogens is 356 g/mol. The molecule has 0 radical (unpaired) electrons. The van der Waals surface area contributed by atoms with E-state index in [9.17, 15) is 9.59 Å². The van der Waals surface area contributed by atoms with Crippen LogP contribution in [0.5, 0.6) is 0 Å². The molecular formula is C21H28N4O3. The molecule has 1 saturated carbocycles. The van der Waals surface area contributed by atoms with Crippen LogP contribution in [0.15, 0.2) is 30.7 Å². The number of carbonyl (C=O) groups excluding carboxylic acids is 2. The molecule has 2 aromatic heterocycles. The minimum atomic E-state index is -0.499. The molecule has 1 aliphatic heterocycles. The van der Waals surface area contributed by atoms with E-state index >= 15 is 0 Å². The van der Waals surface area contributed by atoms with Crippen molar-refractivity contribution in [2.75, 3.05) is 13.1 Å². The number of rotatable bonds is 3. The Morgan fingerprint density at radius 3 is 2.46 bits per heavy atom. The van der Waals surface area contributed by atoms with Gasteiger partial charge >= 0.3 is 6.09 Å². The summed E-state index contributed by atoms with van der Waals surface area (Å²) in [7, 11) is 0. The van der Waals surface area contributed by atoms with Crippen LogP contribution in [-0.4, -0.2) is 45.0 Å². The Bertz CT molecular complexity index is 915. The van der Waals surface area contributed by atoms with Crippen molar-refractivity contribution in [2.45, 2.75) is 45.8 Å². The van der Waals surface area contributed by atoms with Crippen LogP contribution in [0.1, 0.15) is 40.2 Å². The Balaban J connectivity index is 1.36. The van der Waals surface area contributed by atoms with E-state index in [2.05, 4.69) is 10.3 Å². The number of nitrogens with zero attached hydrogens (tertiary/aromatic N) is 3. The monoisotopic (exact) mass is 384 g/mol. The zero-order chi connectivity index (χ0) is 20.3. The van der Waals surface area contributed by atoms with Crippen molar-refractivity contribution in [1.29, 1.82) is 0 Å². The standard InChI is InChI=1S/C21H28N4O3/c1-20(2,3)28-19(27)25-11-14-15(12-25)17(14)18(26)23-21(4,5)13-6-7-16-22-8-9-24(16)10-13/h6-10,14-15,17H,11-12H2,1-5H3,(H,23,26)/t14-,15+,17+. The summed E-state index contributed by atoms with van der Waals surface area (Å²) in [5, 5.41) is 3.19. The van der Waals surface area contributed by atoms with Crippen LogP contribution in [0.2, 0.25) is 0 Å². The SMILES string of the molecule is CC(C)(C)OC(=O)N1C[C@@H]2[C@H](C1)[C@H]2C(=O)NC(C)(C)c1ccc2nccn2c1. The summed E-state index contributed by atoms with van der Waals surface area (Å²) < 4.78 is 7.38. The Kier molecular flexibility index (Phi) is 4.17. The summed E-state index contributed by atoms with van der Waals surface area (Å²) in [6, 6.07) is 3.95. The molecule has 2 aromatic rings. The van der Waals surface area contributed by atoms with Crippen molar-refractivity contribution >= 4 is 17.6 Å². The van der Waals surface area contributed by atoms with Crippen LogP contribution < -0.4 is 5.32 Å². The van der Waals surface area contributed by atoms with E-state index in [1.807, 2.05) is 63.5 Å². The van der Waals surface area contributed by atoms with Gasteiger partial charge in [0.1, 0.15) is 11.2 Å². The molecule has 0 bridgehead atoms. The summed E-state index contributed by atoms with van der Waals surface area (Å²) in [4.78, 5) is 31.0. The Morgan fingerprint density at radius 1 is 1.14 bits per heavy atom. The lowest BCUT2D eigenvalue weighted by molar-refractivity contribution is -0.125. The van der Waals surface area contributed by atoms with E-state index in [1.165, 1.54) is 0 Å². The van der Waals surface area contributed by atoms with Crippen molar-refractivity contribution in [2.24, 2.45) is 17.8 Å². The fourth-order valence-corrected chi connectivity index (χ4v) is 4.14. The number of piperidine rings is 1. The van der Waals surface area contributed by atoms with Crippen LogP contribution in [0, 0.1) is 17.8 Å². The first-order valence-corrected chi connectivity index (χ1v) is 9.78. The normalized spacial score (nSPS) is 24.2. The number of ether oxygens (including phenoxy) is 1. The first-order valence-electron chi connectivity index (χ1n) is 9.78. The van der Waals surface area contributed by atoms with Gasteiger partial charge in [-0.05, 0) is 58.1 Å². The zero-order valence-electron chi connectivity index (χ0n) is 17.1. The molecule has 0 aromatic carbocycles. The van der Waals surface area contributed by atoms with Crippen molar-refractivity contribution in [3.05, 3.63) is 36.3 Å². The van der Waals surface area contributed by atoms with Crippen LogP contribution >= 0.6 is 0 Å². The number of imidazole rings is 1. The molecule has 3 heterocycles. The number of fused-ring (bicyclic) bond motifs is 2. The first kappa shape index (κ1) is 18.8. The number of carbonyl (C=O) groups is 2. The largest absolute Gasteiger partial charge is 0.444 e. The highest BCUT2D eigenvalue weighted by Gasteiger charge is 2.61. The van der Waals surface area contributed by atoms with Gasteiger partial charge in [0.25, 0.3) is 0 Å². The third-order valence-electron chi connectivity index (χ3n) is 5.69. The highest BCUT2D eigenvalue weighted by Crippen LogP contribution is 2.52. The summed E-state index contributed by atoms with van der Waals surface area (Å²) in [5.74, 6) is 0.517. The maximum Gasteiger partial charge on any atom is 0.410 e. The molecule has 7 heteroatoms. The minimum absolute atomic E-state index is 0.0186. The van der Waals surface area contributed by atoms with Crippen molar-refractivity contribution in [3.8, 4) is 0 Å². The molecule has 2 amide bonds. The van der Waals surface area contributed by atoms with Crippen LogP contribution in [0.25, 0.3) is 5.65 Å². The smallest absolute Gasteiger partial charge is 0.410 e. The Morgan fingerprint density at radius 2 is 1.82 bits per heavy atom. The molecule has 2 aliphatic rings. The number of nitrogens with one attached hydrogen (secondary N) is 1. The second-order valence-electron chi connectivity index (χ2n) is 9.46. The molecule has 4 rings (SSSR count). The lowest BCUT2D eigenvalue weighted by atomic mass is 9.95. The van der Waals surface area contributed by atoms with E-state index in [0.29, 0.717) is 13.1 Å². The van der Waals surface area contributed by atoms with Gasteiger partial charge in [0, 0.05) is 37.6 Å². The first-order chi connectivity index (χ1) is 13.0. The number of amides is 2. The van der Waals surface area contributed by atoms with E-state index < -0.39 is 11.1 Å². The van der Waals surface area contributed by atoms with Crippen molar-refractivity contribution < 1.29 is 14.3 Å².